The summed E-state index contributed by atoms with van der Waals surface area (Å²) in [6.45, 7) is 0.927. The van der Waals surface area contributed by atoms with Gasteiger partial charge in [-0.1, -0.05) is 46.3 Å². The minimum atomic E-state index is -0.511. The number of carbonyl (C=O) groups is 2. The molecule has 0 radical (unpaired) electrons. The number of piperazine rings is 1. The standard InChI is InChI=1S/C23H22BrN3O3/c1-30-11-10-26-13-20(28)27-19(23(26)29)12-17-16-4-2-3-5-18(16)25-21(17)22(27)14-6-8-15(24)9-7-14/h2-9,19,22,25H,10-13H2,1H3/t19-,22?/m0/s1. The number of para-hydroxylation sites is 1. The molecule has 0 aliphatic carbocycles. The number of nitrogens with zero attached hydrogens (tertiary/aromatic N) is 2. The van der Waals surface area contributed by atoms with Crippen molar-refractivity contribution < 1.29 is 14.3 Å². The molecule has 0 saturated carbocycles. The fourth-order valence-electron chi connectivity index (χ4n) is 4.71. The van der Waals surface area contributed by atoms with E-state index in [4.69, 9.17) is 4.74 Å². The maximum atomic E-state index is 13.4. The van der Waals surface area contributed by atoms with Gasteiger partial charge in [0.2, 0.25) is 11.8 Å². The summed E-state index contributed by atoms with van der Waals surface area (Å²) in [5.74, 6) is -0.0439. The molecule has 154 valence electrons. The Bertz CT molecular complexity index is 1120. The highest BCUT2D eigenvalue weighted by atomic mass is 79.9. The second-order valence-corrected chi connectivity index (χ2v) is 8.71. The van der Waals surface area contributed by atoms with Gasteiger partial charge in [0, 0.05) is 41.1 Å². The van der Waals surface area contributed by atoms with Gasteiger partial charge in [-0.2, -0.15) is 0 Å². The second-order valence-electron chi connectivity index (χ2n) is 7.79. The molecular weight excluding hydrogens is 446 g/mol. The Hall–Kier alpha value is -2.64. The van der Waals surface area contributed by atoms with Crippen LogP contribution in [0.5, 0.6) is 0 Å². The predicted octanol–water partition coefficient (Wildman–Crippen LogP) is 3.26. The van der Waals surface area contributed by atoms with Gasteiger partial charge >= 0.3 is 0 Å². The number of fused-ring (bicyclic) bond motifs is 4. The lowest BCUT2D eigenvalue weighted by Crippen LogP contribution is -2.63. The van der Waals surface area contributed by atoms with Crippen LogP contribution in [0.25, 0.3) is 10.9 Å². The van der Waals surface area contributed by atoms with Gasteiger partial charge in [0.1, 0.15) is 6.04 Å². The van der Waals surface area contributed by atoms with Crippen molar-refractivity contribution in [2.75, 3.05) is 26.8 Å². The Morgan fingerprint density at radius 2 is 1.90 bits per heavy atom. The van der Waals surface area contributed by atoms with Gasteiger partial charge in [0.05, 0.1) is 19.2 Å². The minimum absolute atomic E-state index is 0.00954. The molecule has 2 atom stereocenters. The second kappa shape index (κ2) is 7.56. The summed E-state index contributed by atoms with van der Waals surface area (Å²) in [5, 5.41) is 1.11. The summed E-state index contributed by atoms with van der Waals surface area (Å²) in [4.78, 5) is 33.6. The average molecular weight is 468 g/mol. The normalized spacial score (nSPS) is 21.1. The Labute approximate surface area is 182 Å². The molecule has 1 aromatic heterocycles. The van der Waals surface area contributed by atoms with Crippen molar-refractivity contribution in [3.63, 3.8) is 0 Å². The summed E-state index contributed by atoms with van der Waals surface area (Å²) in [6, 6.07) is 15.3. The zero-order valence-corrected chi connectivity index (χ0v) is 18.2. The minimum Gasteiger partial charge on any atom is -0.383 e. The largest absolute Gasteiger partial charge is 0.383 e. The molecule has 2 amide bonds. The highest BCUT2D eigenvalue weighted by Crippen LogP contribution is 2.42. The number of hydrogen-bond donors (Lipinski definition) is 1. The Balaban J connectivity index is 1.66. The van der Waals surface area contributed by atoms with Gasteiger partial charge in [-0.15, -0.1) is 0 Å². The molecule has 2 aromatic carbocycles. The van der Waals surface area contributed by atoms with Crippen molar-refractivity contribution in [2.45, 2.75) is 18.5 Å². The molecule has 30 heavy (non-hydrogen) atoms. The number of hydrogen-bond acceptors (Lipinski definition) is 3. The zero-order chi connectivity index (χ0) is 20.8. The zero-order valence-electron chi connectivity index (χ0n) is 16.6. The highest BCUT2D eigenvalue weighted by Gasteiger charge is 2.48. The van der Waals surface area contributed by atoms with Crippen LogP contribution >= 0.6 is 15.9 Å². The molecule has 3 heterocycles. The Kier molecular flexibility index (Phi) is 4.87. The molecule has 1 N–H and O–H groups in total. The number of H-pyrrole nitrogens is 1. The summed E-state index contributed by atoms with van der Waals surface area (Å²) >= 11 is 3.49. The molecule has 7 heteroatoms. The number of aromatic nitrogens is 1. The van der Waals surface area contributed by atoms with E-state index in [1.807, 2.05) is 42.5 Å². The lowest BCUT2D eigenvalue weighted by atomic mass is 9.86. The number of carbonyl (C=O) groups excluding carboxylic acids is 2. The van der Waals surface area contributed by atoms with E-state index in [9.17, 15) is 9.59 Å². The molecule has 1 fully saturated rings. The number of aromatic amines is 1. The Morgan fingerprint density at radius 3 is 2.67 bits per heavy atom. The van der Waals surface area contributed by atoms with Crippen LogP contribution in [0.2, 0.25) is 0 Å². The molecular formula is C23H22BrN3O3. The van der Waals surface area contributed by atoms with E-state index in [2.05, 4.69) is 27.0 Å². The number of benzene rings is 2. The first kappa shape index (κ1) is 19.3. The van der Waals surface area contributed by atoms with Crippen LogP contribution in [0.3, 0.4) is 0 Å². The van der Waals surface area contributed by atoms with Crippen molar-refractivity contribution in [2.24, 2.45) is 0 Å². The first-order valence-corrected chi connectivity index (χ1v) is 10.8. The van der Waals surface area contributed by atoms with Crippen LogP contribution in [0, 0.1) is 0 Å². The van der Waals surface area contributed by atoms with Crippen LogP contribution in [0.1, 0.15) is 22.9 Å². The summed E-state index contributed by atoms with van der Waals surface area (Å²) in [7, 11) is 1.60. The van der Waals surface area contributed by atoms with Gasteiger partial charge in [-0.3, -0.25) is 9.59 Å². The first-order chi connectivity index (χ1) is 14.6. The summed E-state index contributed by atoms with van der Waals surface area (Å²) < 4.78 is 6.11. The Morgan fingerprint density at radius 1 is 1.13 bits per heavy atom. The number of methoxy groups -OCH3 is 1. The van der Waals surface area contributed by atoms with Crippen molar-refractivity contribution in [3.8, 4) is 0 Å². The molecule has 6 nitrogen and oxygen atoms in total. The van der Waals surface area contributed by atoms with E-state index in [1.165, 1.54) is 0 Å². The average Bonchev–Trinajstić information content (AvgIpc) is 3.13. The molecule has 1 saturated heterocycles. The summed E-state index contributed by atoms with van der Waals surface area (Å²) in [5.41, 5.74) is 4.14. The van der Waals surface area contributed by atoms with Crippen LogP contribution in [-0.2, 0) is 20.7 Å². The third-order valence-electron chi connectivity index (χ3n) is 6.09. The van der Waals surface area contributed by atoms with E-state index >= 15 is 0 Å². The number of rotatable bonds is 4. The van der Waals surface area contributed by atoms with Crippen LogP contribution in [0.15, 0.2) is 53.0 Å². The van der Waals surface area contributed by atoms with Crippen molar-refractivity contribution in [1.29, 1.82) is 0 Å². The summed E-state index contributed by atoms with van der Waals surface area (Å²) in [6.07, 6.45) is 0.514. The highest BCUT2D eigenvalue weighted by molar-refractivity contribution is 9.10. The maximum Gasteiger partial charge on any atom is 0.246 e. The lowest BCUT2D eigenvalue weighted by molar-refractivity contribution is -0.159. The molecule has 2 aliphatic heterocycles. The van der Waals surface area contributed by atoms with E-state index in [0.717, 1.165) is 32.2 Å². The van der Waals surface area contributed by atoms with Crippen molar-refractivity contribution in [3.05, 3.63) is 69.8 Å². The number of amides is 2. The molecule has 1 unspecified atom stereocenters. The van der Waals surface area contributed by atoms with E-state index in [1.54, 1.807) is 16.9 Å². The third kappa shape index (κ3) is 3.04. The SMILES string of the molecule is COCCN1CC(=O)N2C(c3ccc(Br)cc3)c3[nH]c4ccccc4c3C[C@H]2C1=O. The first-order valence-electron chi connectivity index (χ1n) is 10.0. The van der Waals surface area contributed by atoms with Crippen molar-refractivity contribution in [1.82, 2.24) is 14.8 Å². The maximum absolute atomic E-state index is 13.4. The van der Waals surface area contributed by atoms with Gasteiger partial charge in [-0.25, -0.2) is 0 Å². The van der Waals surface area contributed by atoms with E-state index < -0.39 is 6.04 Å². The third-order valence-corrected chi connectivity index (χ3v) is 6.62. The number of nitrogens with one attached hydrogen (secondary N) is 1. The van der Waals surface area contributed by atoms with Crippen LogP contribution in [-0.4, -0.2) is 59.4 Å². The smallest absolute Gasteiger partial charge is 0.246 e. The molecule has 0 bridgehead atoms. The molecule has 0 spiro atoms. The quantitative estimate of drug-likeness (QED) is 0.640. The fourth-order valence-corrected chi connectivity index (χ4v) is 4.97. The fraction of sp³-hybridized carbons (Fsp3) is 0.304. The monoisotopic (exact) mass is 467 g/mol. The van der Waals surface area contributed by atoms with E-state index in [-0.39, 0.29) is 24.4 Å². The van der Waals surface area contributed by atoms with Gasteiger partial charge in [-0.05, 0) is 29.3 Å². The molecule has 2 aliphatic rings. The van der Waals surface area contributed by atoms with E-state index in [0.29, 0.717) is 19.6 Å². The topological polar surface area (TPSA) is 65.6 Å². The molecule has 5 rings (SSSR count). The lowest BCUT2D eigenvalue weighted by Gasteiger charge is -2.47. The van der Waals surface area contributed by atoms with Crippen LogP contribution in [0.4, 0.5) is 0 Å². The van der Waals surface area contributed by atoms with Gasteiger partial charge in [0.15, 0.2) is 0 Å². The number of ether oxygens (including phenoxy) is 1. The van der Waals surface area contributed by atoms with Crippen molar-refractivity contribution >= 4 is 38.6 Å². The van der Waals surface area contributed by atoms with Gasteiger partial charge in [0.25, 0.3) is 0 Å². The van der Waals surface area contributed by atoms with Crippen LogP contribution < -0.4 is 0 Å². The van der Waals surface area contributed by atoms with Gasteiger partial charge < -0.3 is 19.5 Å². The number of halogens is 1. The predicted molar refractivity (Wildman–Crippen MR) is 117 cm³/mol. The molecule has 3 aromatic rings.